The van der Waals surface area contributed by atoms with E-state index in [4.69, 9.17) is 11.1 Å². The zero-order valence-electron chi connectivity index (χ0n) is 9.42. The summed E-state index contributed by atoms with van der Waals surface area (Å²) in [7, 11) is 0. The number of nitrogens with one attached hydrogen (secondary N) is 1. The van der Waals surface area contributed by atoms with E-state index in [2.05, 4.69) is 18.7 Å². The fraction of sp³-hybridized carbons (Fsp3) is 0.909. The minimum absolute atomic E-state index is 0.329. The number of piperidine rings is 1. The van der Waals surface area contributed by atoms with Crippen LogP contribution in [-0.4, -0.2) is 29.9 Å². The lowest BCUT2D eigenvalue weighted by Gasteiger charge is -2.36. The minimum atomic E-state index is 0.329. The minimum Gasteiger partial charge on any atom is -0.388 e. The molecule has 2 atom stereocenters. The summed E-state index contributed by atoms with van der Waals surface area (Å²) in [5.41, 5.74) is 5.47. The lowest BCUT2D eigenvalue weighted by molar-refractivity contribution is 0.129. The number of amidine groups is 1. The molecule has 0 amide bonds. The maximum Gasteiger partial charge on any atom is 0.0921 e. The highest BCUT2D eigenvalue weighted by atomic mass is 15.2. The van der Waals surface area contributed by atoms with Crippen LogP contribution in [-0.2, 0) is 0 Å². The number of likely N-dealkylation sites (tertiary alicyclic amines) is 1. The summed E-state index contributed by atoms with van der Waals surface area (Å²) in [5, 5.41) is 7.35. The van der Waals surface area contributed by atoms with E-state index in [0.29, 0.717) is 11.9 Å². The Morgan fingerprint density at radius 3 is 2.86 bits per heavy atom. The summed E-state index contributed by atoms with van der Waals surface area (Å²) < 4.78 is 0. The molecule has 82 valence electrons. The lowest BCUT2D eigenvalue weighted by Crippen LogP contribution is -2.43. The van der Waals surface area contributed by atoms with E-state index in [9.17, 15) is 0 Å². The highest BCUT2D eigenvalue weighted by Gasteiger charge is 2.22. The number of hydrogen-bond acceptors (Lipinski definition) is 2. The first-order chi connectivity index (χ1) is 6.63. The average molecular weight is 197 g/mol. The number of hydrogen-bond donors (Lipinski definition) is 2. The van der Waals surface area contributed by atoms with Crippen LogP contribution in [0.3, 0.4) is 0 Å². The third kappa shape index (κ3) is 3.29. The third-order valence-electron chi connectivity index (χ3n) is 3.13. The second-order valence-electron chi connectivity index (χ2n) is 4.53. The Hall–Kier alpha value is -0.570. The van der Waals surface area contributed by atoms with Gasteiger partial charge in [-0.05, 0) is 31.7 Å². The van der Waals surface area contributed by atoms with Crippen LogP contribution in [0.5, 0.6) is 0 Å². The molecule has 0 radical (unpaired) electrons. The maximum absolute atomic E-state index is 7.35. The van der Waals surface area contributed by atoms with Crippen molar-refractivity contribution in [3.63, 3.8) is 0 Å². The van der Waals surface area contributed by atoms with Crippen molar-refractivity contribution in [2.24, 2.45) is 11.7 Å². The summed E-state index contributed by atoms with van der Waals surface area (Å²) in [6, 6.07) is 0.496. The van der Waals surface area contributed by atoms with Crippen molar-refractivity contribution in [3.8, 4) is 0 Å². The molecule has 1 saturated heterocycles. The zero-order chi connectivity index (χ0) is 10.6. The summed E-state index contributed by atoms with van der Waals surface area (Å²) in [5.74, 6) is 1.14. The van der Waals surface area contributed by atoms with Crippen molar-refractivity contribution in [1.82, 2.24) is 4.90 Å². The van der Waals surface area contributed by atoms with Crippen LogP contribution < -0.4 is 5.73 Å². The van der Waals surface area contributed by atoms with E-state index in [1.165, 1.54) is 25.9 Å². The van der Waals surface area contributed by atoms with Gasteiger partial charge in [-0.25, -0.2) is 0 Å². The average Bonchev–Trinajstić information content (AvgIpc) is 2.14. The van der Waals surface area contributed by atoms with Gasteiger partial charge in [0.2, 0.25) is 0 Å². The van der Waals surface area contributed by atoms with Gasteiger partial charge in [-0.15, -0.1) is 0 Å². The Balaban J connectivity index is 2.46. The van der Waals surface area contributed by atoms with Crippen molar-refractivity contribution in [2.75, 3.05) is 13.1 Å². The Morgan fingerprint density at radius 2 is 2.36 bits per heavy atom. The van der Waals surface area contributed by atoms with Gasteiger partial charge >= 0.3 is 0 Å². The third-order valence-corrected chi connectivity index (χ3v) is 3.13. The molecule has 0 aromatic heterocycles. The van der Waals surface area contributed by atoms with Gasteiger partial charge in [0, 0.05) is 19.0 Å². The normalized spacial score (nSPS) is 26.0. The monoisotopic (exact) mass is 197 g/mol. The van der Waals surface area contributed by atoms with Gasteiger partial charge in [0.1, 0.15) is 0 Å². The Kier molecular flexibility index (Phi) is 4.39. The fourth-order valence-electron chi connectivity index (χ4n) is 2.34. The molecular weight excluding hydrogens is 174 g/mol. The molecule has 0 saturated carbocycles. The highest BCUT2D eigenvalue weighted by molar-refractivity contribution is 5.77. The summed E-state index contributed by atoms with van der Waals surface area (Å²) >= 11 is 0. The van der Waals surface area contributed by atoms with Gasteiger partial charge in [-0.2, -0.15) is 0 Å². The van der Waals surface area contributed by atoms with Crippen molar-refractivity contribution in [1.29, 1.82) is 5.41 Å². The SMILES string of the molecule is CCC(CC(=N)N)N1CCCC(C)C1. The molecule has 14 heavy (non-hydrogen) atoms. The first kappa shape index (κ1) is 11.5. The van der Waals surface area contributed by atoms with Crippen molar-refractivity contribution in [2.45, 2.75) is 45.6 Å². The summed E-state index contributed by atoms with van der Waals surface area (Å²) in [6.07, 6.45) is 4.50. The van der Waals surface area contributed by atoms with Crippen LogP contribution >= 0.6 is 0 Å². The lowest BCUT2D eigenvalue weighted by atomic mass is 9.97. The van der Waals surface area contributed by atoms with E-state index in [-0.39, 0.29) is 0 Å². The summed E-state index contributed by atoms with van der Waals surface area (Å²) in [6.45, 7) is 6.88. The van der Waals surface area contributed by atoms with E-state index in [1.807, 2.05) is 0 Å². The maximum atomic E-state index is 7.35. The van der Waals surface area contributed by atoms with Crippen LogP contribution in [0.25, 0.3) is 0 Å². The molecule has 1 aliphatic heterocycles. The van der Waals surface area contributed by atoms with Gasteiger partial charge in [0.15, 0.2) is 0 Å². The molecule has 3 nitrogen and oxygen atoms in total. The molecule has 1 aliphatic rings. The van der Waals surface area contributed by atoms with Crippen molar-refractivity contribution < 1.29 is 0 Å². The van der Waals surface area contributed by atoms with E-state index < -0.39 is 0 Å². The second-order valence-corrected chi connectivity index (χ2v) is 4.53. The first-order valence-corrected chi connectivity index (χ1v) is 5.70. The molecule has 2 unspecified atom stereocenters. The van der Waals surface area contributed by atoms with Crippen molar-refractivity contribution in [3.05, 3.63) is 0 Å². The van der Waals surface area contributed by atoms with E-state index in [1.54, 1.807) is 0 Å². The molecule has 1 rings (SSSR count). The highest BCUT2D eigenvalue weighted by Crippen LogP contribution is 2.20. The van der Waals surface area contributed by atoms with Crippen LogP contribution in [0.15, 0.2) is 0 Å². The van der Waals surface area contributed by atoms with Gasteiger partial charge < -0.3 is 5.73 Å². The van der Waals surface area contributed by atoms with Crippen LogP contribution in [0.4, 0.5) is 0 Å². The molecule has 0 aromatic rings. The van der Waals surface area contributed by atoms with Crippen molar-refractivity contribution >= 4 is 5.84 Å². The quantitative estimate of drug-likeness (QED) is 0.533. The predicted molar refractivity (Wildman–Crippen MR) is 60.6 cm³/mol. The van der Waals surface area contributed by atoms with E-state index in [0.717, 1.165) is 18.8 Å². The Morgan fingerprint density at radius 1 is 1.64 bits per heavy atom. The summed E-state index contributed by atoms with van der Waals surface area (Å²) in [4.78, 5) is 2.51. The second kappa shape index (κ2) is 5.35. The molecule has 3 heteroatoms. The Bertz CT molecular complexity index is 191. The first-order valence-electron chi connectivity index (χ1n) is 5.70. The molecule has 1 fully saturated rings. The molecular formula is C11H23N3. The number of nitrogens with two attached hydrogens (primary N) is 1. The van der Waals surface area contributed by atoms with Gasteiger partial charge in [0.05, 0.1) is 5.84 Å². The van der Waals surface area contributed by atoms with Gasteiger partial charge in [-0.1, -0.05) is 13.8 Å². The van der Waals surface area contributed by atoms with Crippen LogP contribution in [0.1, 0.15) is 39.5 Å². The number of rotatable bonds is 4. The smallest absolute Gasteiger partial charge is 0.0921 e. The van der Waals surface area contributed by atoms with E-state index >= 15 is 0 Å². The van der Waals surface area contributed by atoms with Crippen LogP contribution in [0, 0.1) is 11.3 Å². The molecule has 0 aromatic carbocycles. The Labute approximate surface area is 87.2 Å². The molecule has 0 aliphatic carbocycles. The molecule has 0 bridgehead atoms. The number of nitrogens with zero attached hydrogens (tertiary/aromatic N) is 1. The topological polar surface area (TPSA) is 53.1 Å². The van der Waals surface area contributed by atoms with Crippen LogP contribution in [0.2, 0.25) is 0 Å². The molecule has 1 heterocycles. The molecule has 3 N–H and O–H groups in total. The standard InChI is InChI=1S/C11H23N3/c1-3-10(7-11(12)13)14-6-4-5-9(2)8-14/h9-10H,3-8H2,1-2H3,(H3,12,13). The fourth-order valence-corrected chi connectivity index (χ4v) is 2.34. The zero-order valence-corrected chi connectivity index (χ0v) is 9.42. The van der Waals surface area contributed by atoms with Gasteiger partial charge in [-0.3, -0.25) is 10.3 Å². The van der Waals surface area contributed by atoms with Gasteiger partial charge in [0.25, 0.3) is 0 Å². The largest absolute Gasteiger partial charge is 0.388 e. The molecule has 0 spiro atoms. The predicted octanol–water partition coefficient (Wildman–Crippen LogP) is 1.82.